The molecule has 0 aromatic heterocycles. The predicted octanol–water partition coefficient (Wildman–Crippen LogP) is -0.160. The third kappa shape index (κ3) is 13.1. The summed E-state index contributed by atoms with van der Waals surface area (Å²) >= 11 is 0. The number of fused-ring (bicyclic) bond motifs is 2. The van der Waals surface area contributed by atoms with Crippen molar-refractivity contribution in [3.05, 3.63) is 57.6 Å². The van der Waals surface area contributed by atoms with E-state index in [2.05, 4.69) is 153 Å². The summed E-state index contributed by atoms with van der Waals surface area (Å²) in [6.45, 7) is 40.2. The highest BCUT2D eigenvalue weighted by Gasteiger charge is 2.75. The van der Waals surface area contributed by atoms with Gasteiger partial charge in [0.05, 0.1) is 11.1 Å². The zero-order valence-electron chi connectivity index (χ0n) is 40.8. The quantitative estimate of drug-likeness (QED) is 0.173. The molecule has 0 radical (unpaired) electrons. The van der Waals surface area contributed by atoms with Crippen LogP contribution >= 0.6 is 0 Å². The van der Waals surface area contributed by atoms with Gasteiger partial charge in [-0.3, -0.25) is 0 Å². The molecule has 6 nitrogen and oxygen atoms in total. The van der Waals surface area contributed by atoms with Crippen LogP contribution in [0.5, 0.6) is 11.5 Å². The van der Waals surface area contributed by atoms with Gasteiger partial charge in [0.25, 0.3) is 0 Å². The molecule has 1 unspecified atom stereocenters. The molecule has 61 heavy (non-hydrogen) atoms. The van der Waals surface area contributed by atoms with Crippen LogP contribution in [0.4, 0.5) is 0 Å². The van der Waals surface area contributed by atoms with Gasteiger partial charge in [-0.25, -0.2) is 0 Å². The van der Waals surface area contributed by atoms with Crippen LogP contribution in [0.15, 0.2) is 24.3 Å². The lowest BCUT2D eigenvalue weighted by atomic mass is 9.80. The van der Waals surface area contributed by atoms with Crippen molar-refractivity contribution in [2.24, 2.45) is 0 Å². The van der Waals surface area contributed by atoms with E-state index >= 15 is 0 Å². The lowest BCUT2D eigenvalue weighted by molar-refractivity contribution is -0.867. The maximum atomic E-state index is 7.52. The molecule has 3 aliphatic heterocycles. The molecule has 5 rings (SSSR count). The summed E-state index contributed by atoms with van der Waals surface area (Å²) in [4.78, 5) is 5.15. The van der Waals surface area contributed by atoms with Crippen molar-refractivity contribution in [3.8, 4) is 11.5 Å². The maximum absolute atomic E-state index is 7.52. The molecule has 3 aliphatic rings. The van der Waals surface area contributed by atoms with Crippen molar-refractivity contribution in [1.82, 2.24) is 9.80 Å². The third-order valence-corrected chi connectivity index (χ3v) is 13.4. The number of ether oxygens (including phenoxy) is 2. The Morgan fingerprint density at radius 3 is 1.31 bits per heavy atom. The van der Waals surface area contributed by atoms with E-state index in [1.54, 1.807) is 0 Å². The lowest BCUT2D eigenvalue weighted by Crippen LogP contribution is -3.00. The van der Waals surface area contributed by atoms with Crippen LogP contribution in [-0.2, 0) is 10.8 Å². The number of halogens is 4. The van der Waals surface area contributed by atoms with E-state index in [0.717, 1.165) is 57.3 Å². The Kier molecular flexibility index (Phi) is 22.7. The number of nitrogens with zero attached hydrogens (tertiary/aromatic N) is 4. The van der Waals surface area contributed by atoms with E-state index in [-0.39, 0.29) is 66.0 Å². The van der Waals surface area contributed by atoms with Gasteiger partial charge in [-0.15, -0.1) is 0 Å². The van der Waals surface area contributed by atoms with E-state index in [4.69, 9.17) is 9.47 Å². The first-order valence-corrected chi connectivity index (χ1v) is 23.4. The summed E-state index contributed by atoms with van der Waals surface area (Å²) in [5.41, 5.74) is 7.43. The maximum Gasteiger partial charge on any atom is 0.704 e. The Hall–Kier alpha value is -1.54. The summed E-state index contributed by atoms with van der Waals surface area (Å²) in [7, 11) is 0. The molecule has 1 saturated heterocycles. The first-order chi connectivity index (χ1) is 27.0. The van der Waals surface area contributed by atoms with Crippen molar-refractivity contribution in [3.63, 3.8) is 0 Å². The molecule has 1 fully saturated rings. The molecular formula is C51H84Cl4N4O2-2. The largest absolute Gasteiger partial charge is 1.00 e. The van der Waals surface area contributed by atoms with Gasteiger partial charge in [0.15, 0.2) is 23.9 Å². The molecule has 1 atom stereocenters. The molecule has 0 N–H and O–H groups in total. The SMILES string of the molecule is CCCCC(CCCC)c1cc2c(c(C(C)(C)C)c1)OC13Oc4c(cc(C(CCCN(CC)CC)CCCN(CC)CC)cc4C(C)(C)C)C=[N+]1C(C)(C)C[N+]3=C2.[Cl-].[Cl-].[Cl-].[Cl-]. The third-order valence-electron chi connectivity index (χ3n) is 13.4. The number of benzene rings is 2. The molecule has 350 valence electrons. The standard InChI is InChI=1S/C51H84N4O2.4ClH/c1-15-21-25-38(26-22-16-2)40-31-42-35-54-37-50(13,14)55-36-43-32-41(39(27-23-29-52(17-3)18-4)28-24-30-53(19-5)20-6)34-45(49(10,11)12)47(43)57-51(54,55)56-46(42)44(33-40)48(7,8)9;;;;/h31-36,38-39H,15-30,37H2,1-14H3;4*1H/q+2;;;;/p-4. The van der Waals surface area contributed by atoms with Gasteiger partial charge < -0.3 is 68.9 Å². The minimum atomic E-state index is -1.09. The highest BCUT2D eigenvalue weighted by atomic mass is 35.5. The van der Waals surface area contributed by atoms with Gasteiger partial charge in [0.1, 0.15) is 0 Å². The van der Waals surface area contributed by atoms with Gasteiger partial charge in [0, 0.05) is 25.0 Å². The van der Waals surface area contributed by atoms with Crippen LogP contribution in [0.1, 0.15) is 206 Å². The molecule has 0 saturated carbocycles. The summed E-state index contributed by atoms with van der Waals surface area (Å²) < 4.78 is 19.8. The monoisotopic (exact) mass is 925 g/mol. The summed E-state index contributed by atoms with van der Waals surface area (Å²) in [5, 5.41) is 0. The molecule has 2 aromatic rings. The van der Waals surface area contributed by atoms with Crippen LogP contribution < -0.4 is 59.1 Å². The molecule has 2 aromatic carbocycles. The average molecular weight is 927 g/mol. The average Bonchev–Trinajstić information content (AvgIpc) is 3.38. The van der Waals surface area contributed by atoms with Crippen LogP contribution in [-0.4, -0.2) is 88.8 Å². The van der Waals surface area contributed by atoms with E-state index in [0.29, 0.717) is 11.8 Å². The number of hydrogen-bond donors (Lipinski definition) is 0. The normalized spacial score (nSPS) is 17.4. The summed E-state index contributed by atoms with van der Waals surface area (Å²) in [6, 6.07) is 8.85. The Labute approximate surface area is 398 Å². The van der Waals surface area contributed by atoms with Crippen molar-refractivity contribution in [1.29, 1.82) is 0 Å². The predicted molar refractivity (Wildman–Crippen MR) is 243 cm³/mol. The van der Waals surface area contributed by atoms with Crippen LogP contribution in [0, 0.1) is 0 Å². The Morgan fingerprint density at radius 2 is 0.951 bits per heavy atom. The second kappa shape index (κ2) is 24.1. The minimum absolute atomic E-state index is 0. The lowest BCUT2D eigenvalue weighted by Gasteiger charge is -2.34. The van der Waals surface area contributed by atoms with Crippen LogP contribution in [0.25, 0.3) is 0 Å². The van der Waals surface area contributed by atoms with E-state index in [1.165, 1.54) is 97.6 Å². The smallest absolute Gasteiger partial charge is 0.704 e. The second-order valence-electron chi connectivity index (χ2n) is 20.3. The fourth-order valence-corrected chi connectivity index (χ4v) is 9.72. The van der Waals surface area contributed by atoms with Crippen molar-refractivity contribution >= 4 is 12.4 Å². The van der Waals surface area contributed by atoms with Crippen molar-refractivity contribution < 1.29 is 68.3 Å². The van der Waals surface area contributed by atoms with Crippen LogP contribution in [0.2, 0.25) is 0 Å². The highest BCUT2D eigenvalue weighted by Crippen LogP contribution is 2.49. The van der Waals surface area contributed by atoms with Gasteiger partial charge in [-0.05, 0) is 124 Å². The minimum Gasteiger partial charge on any atom is -1.00 e. The molecule has 0 bridgehead atoms. The zero-order chi connectivity index (χ0) is 41.8. The summed E-state index contributed by atoms with van der Waals surface area (Å²) in [6.07, 6.45) is 17.1. The molecule has 3 heterocycles. The molecular weight excluding hydrogens is 842 g/mol. The van der Waals surface area contributed by atoms with Gasteiger partial charge in [0.2, 0.25) is 12.1 Å². The van der Waals surface area contributed by atoms with Gasteiger partial charge in [-0.1, -0.05) is 130 Å². The number of rotatable bonds is 20. The first kappa shape index (κ1) is 57.5. The topological polar surface area (TPSA) is 31.0 Å². The van der Waals surface area contributed by atoms with Crippen LogP contribution in [0.3, 0.4) is 0 Å². The fraction of sp³-hybridized carbons (Fsp3) is 0.725. The van der Waals surface area contributed by atoms with E-state index < -0.39 is 6.03 Å². The Balaban J connectivity index is 0.00000465. The number of unbranched alkanes of at least 4 members (excludes halogenated alkanes) is 2. The molecule has 1 spiro atoms. The number of hydrogen-bond acceptors (Lipinski definition) is 4. The van der Waals surface area contributed by atoms with Gasteiger partial charge >= 0.3 is 6.03 Å². The van der Waals surface area contributed by atoms with Gasteiger partial charge in [-0.2, -0.15) is 0 Å². The van der Waals surface area contributed by atoms with Crippen molar-refractivity contribution in [2.75, 3.05) is 45.8 Å². The second-order valence-corrected chi connectivity index (χ2v) is 20.3. The fourth-order valence-electron chi connectivity index (χ4n) is 9.72. The van der Waals surface area contributed by atoms with E-state index in [9.17, 15) is 0 Å². The molecule has 0 aliphatic carbocycles. The Morgan fingerprint density at radius 1 is 0.574 bits per heavy atom. The highest BCUT2D eigenvalue weighted by molar-refractivity contribution is 5.85. The van der Waals surface area contributed by atoms with Crippen molar-refractivity contribution in [2.45, 2.75) is 195 Å². The first-order valence-electron chi connectivity index (χ1n) is 23.4. The van der Waals surface area contributed by atoms with E-state index in [1.807, 2.05) is 0 Å². The zero-order valence-corrected chi connectivity index (χ0v) is 43.8. The summed E-state index contributed by atoms with van der Waals surface area (Å²) in [5.74, 6) is 3.02. The molecule has 10 heteroatoms. The Bertz CT molecular complexity index is 1710. The molecule has 0 amide bonds.